The van der Waals surface area contributed by atoms with Crippen LogP contribution in [0.4, 0.5) is 5.82 Å². The number of phosphoric acid groups is 2. The molecule has 0 saturated carbocycles. The number of allylic oxidation sites excluding steroid dienone is 7. The second-order valence-corrected chi connectivity index (χ2v) is 21.7. The van der Waals surface area contributed by atoms with Gasteiger partial charge in [0, 0.05) is 19.0 Å². The first-order valence-electron chi connectivity index (χ1n) is 26.0. The highest BCUT2D eigenvalue weighted by Crippen LogP contribution is 2.60. The van der Waals surface area contributed by atoms with Gasteiger partial charge in [0.15, 0.2) is 12.3 Å². The predicted molar refractivity (Wildman–Crippen MR) is 279 cm³/mol. The molecule has 1 aliphatic heterocycles. The van der Waals surface area contributed by atoms with Gasteiger partial charge >= 0.3 is 33.3 Å². The Labute approximate surface area is 436 Å². The summed E-state index contributed by atoms with van der Waals surface area (Å²) in [6, 6.07) is 1.22. The predicted octanol–water partition coefficient (Wildman–Crippen LogP) is 7.49. The molecule has 1 aromatic rings. The number of nitrogens with zero attached hydrogens (tertiary/aromatic N) is 2. The molecule has 422 valence electrons. The van der Waals surface area contributed by atoms with Crippen LogP contribution in [-0.2, 0) is 46.3 Å². The summed E-state index contributed by atoms with van der Waals surface area (Å²) in [7, 11) is -11.0. The summed E-state index contributed by atoms with van der Waals surface area (Å²) in [5.74, 6) is -0.881. The van der Waals surface area contributed by atoms with Crippen LogP contribution in [0.1, 0.15) is 155 Å². The number of nitrogens with two attached hydrogens (primary N) is 1. The highest BCUT2D eigenvalue weighted by Gasteiger charge is 2.46. The highest BCUT2D eigenvalue weighted by atomic mass is 31.3. The van der Waals surface area contributed by atoms with Crippen LogP contribution in [0.25, 0.3) is 0 Å². The molecule has 2 unspecified atom stereocenters. The number of aliphatic hydroxyl groups excluding tert-OH is 5. The molecule has 23 heteroatoms. The van der Waals surface area contributed by atoms with Crippen molar-refractivity contribution in [3.05, 3.63) is 83.5 Å². The number of anilines is 1. The van der Waals surface area contributed by atoms with Gasteiger partial charge in [-0.15, -0.1) is 0 Å². The highest BCUT2D eigenvalue weighted by molar-refractivity contribution is 7.61. The first kappa shape index (κ1) is 66.5. The Morgan fingerprint density at radius 2 is 1.32 bits per heavy atom. The van der Waals surface area contributed by atoms with Crippen LogP contribution in [0.3, 0.4) is 0 Å². The van der Waals surface area contributed by atoms with Gasteiger partial charge in [0.05, 0.1) is 31.5 Å². The lowest BCUT2D eigenvalue weighted by Crippen LogP contribution is -2.36. The molecule has 9 N–H and O–H groups in total. The molecule has 10 atom stereocenters. The number of phosphoric ester groups is 2. The van der Waals surface area contributed by atoms with Gasteiger partial charge in [-0.05, 0) is 44.1 Å². The summed E-state index contributed by atoms with van der Waals surface area (Å²) < 4.78 is 56.5. The minimum atomic E-state index is -5.52. The molecule has 1 fully saturated rings. The van der Waals surface area contributed by atoms with Gasteiger partial charge in [0.1, 0.15) is 30.7 Å². The SMILES string of the molecule is CC/C=C\C[C@H](O)/C=C/C=C/C=C\C=C/[C@@H](O)[C@H](O)CCCC(=O)O[C@H](COC(=O)CCCCCCCCCCCCCCCC(C)C)COP(=O)(O)OP(=O)(O)OC[C@H]1O[C@@H](n2ccc(N)nc2=O)[C@H](O)[C@@H]1O. The molecule has 21 nitrogen and oxygen atoms in total. The number of carbonyl (C=O) groups excluding carboxylic acids is 2. The van der Waals surface area contributed by atoms with Crippen molar-refractivity contribution in [2.75, 3.05) is 25.6 Å². The van der Waals surface area contributed by atoms with E-state index in [1.54, 1.807) is 36.5 Å². The minimum Gasteiger partial charge on any atom is -0.462 e. The number of aromatic nitrogens is 2. The fourth-order valence-corrected chi connectivity index (χ4v) is 9.60. The molecular weight excluding hydrogens is 1000 g/mol. The van der Waals surface area contributed by atoms with Gasteiger partial charge in [0.2, 0.25) is 0 Å². The largest absolute Gasteiger partial charge is 0.481 e. The first-order chi connectivity index (χ1) is 35.2. The maximum absolute atomic E-state index is 12.9. The number of hydrogen-bond acceptors (Lipinski definition) is 18. The summed E-state index contributed by atoms with van der Waals surface area (Å²) >= 11 is 0. The number of carbonyl (C=O) groups is 2. The molecule has 74 heavy (non-hydrogen) atoms. The van der Waals surface area contributed by atoms with Gasteiger partial charge < -0.3 is 55.3 Å². The monoisotopic (exact) mass is 1090 g/mol. The van der Waals surface area contributed by atoms with Crippen molar-refractivity contribution >= 4 is 33.4 Å². The second-order valence-electron chi connectivity index (χ2n) is 18.7. The number of aliphatic hydroxyl groups is 5. The molecule has 1 aromatic heterocycles. The fourth-order valence-electron chi connectivity index (χ4n) is 7.49. The van der Waals surface area contributed by atoms with E-state index < -0.39 is 102 Å². The zero-order chi connectivity index (χ0) is 54.8. The zero-order valence-electron chi connectivity index (χ0n) is 43.4. The Morgan fingerprint density at radius 3 is 1.93 bits per heavy atom. The summed E-state index contributed by atoms with van der Waals surface area (Å²) in [6.07, 6.45) is 23.8. The number of hydrogen-bond donors (Lipinski definition) is 8. The van der Waals surface area contributed by atoms with Crippen LogP contribution in [-0.4, -0.2) is 119 Å². The van der Waals surface area contributed by atoms with Gasteiger partial charge in [0.25, 0.3) is 0 Å². The van der Waals surface area contributed by atoms with Gasteiger partial charge in [-0.2, -0.15) is 9.29 Å². The van der Waals surface area contributed by atoms with E-state index in [1.807, 2.05) is 19.1 Å². The molecule has 1 saturated heterocycles. The quantitative estimate of drug-likeness (QED) is 0.0103. The molecule has 2 rings (SSSR count). The second kappa shape index (κ2) is 38.0. The van der Waals surface area contributed by atoms with Gasteiger partial charge in [-0.3, -0.25) is 23.2 Å². The van der Waals surface area contributed by atoms with Crippen molar-refractivity contribution in [3.8, 4) is 0 Å². The topological polar surface area (TPSA) is 326 Å². The third-order valence-electron chi connectivity index (χ3n) is 11.6. The number of unbranched alkanes of at least 4 members (excludes halogenated alkanes) is 12. The third kappa shape index (κ3) is 30.8. The van der Waals surface area contributed by atoms with E-state index in [2.05, 4.69) is 23.1 Å². The Kier molecular flexibility index (Phi) is 34.1. The minimum absolute atomic E-state index is 0.0271. The smallest absolute Gasteiger partial charge is 0.462 e. The molecule has 0 spiro atoms. The van der Waals surface area contributed by atoms with Gasteiger partial charge in [-0.1, -0.05) is 165 Å². The average molecular weight is 1090 g/mol. The Morgan fingerprint density at radius 1 is 0.757 bits per heavy atom. The van der Waals surface area contributed by atoms with Crippen LogP contribution < -0.4 is 11.4 Å². The average Bonchev–Trinajstić information content (AvgIpc) is 3.62. The number of esters is 2. The fraction of sp³-hybridized carbons (Fsp3) is 0.686. The van der Waals surface area contributed by atoms with E-state index in [0.29, 0.717) is 12.8 Å². The van der Waals surface area contributed by atoms with Crippen molar-refractivity contribution in [1.29, 1.82) is 0 Å². The standard InChI is InChI=1S/C51H85N3O18P2/c1-4-5-21-28-40(55)29-23-18-15-16-19-24-30-42(56)43(57)31-26-33-47(59)70-41(36-67-46(58)32-25-20-14-12-10-8-6-7-9-11-13-17-22-27-39(2)3)37-68-73(63,64)72-74(65,66)69-38-44-48(60)49(61)50(71-44)54-35-34-45(52)53-51(54)62/h5,15-16,18-19,21,23-24,29-30,34-35,39-44,48-50,55-57,60-61H,4,6-14,17,20,22,25-28,31-33,36-38H2,1-3H3,(H,63,64)(H,65,66)(H2,52,53,62)/b18-15+,19-16-,21-5-,29-23+,30-24-/t40-,41+,42+,43+,44+,48+,49+,50+/m0/s1. The Hall–Kier alpha value is -3.66. The molecule has 0 aliphatic carbocycles. The Balaban J connectivity index is 1.89. The molecule has 2 heterocycles. The molecule has 0 bridgehead atoms. The lowest BCUT2D eigenvalue weighted by atomic mass is 10.0. The van der Waals surface area contributed by atoms with E-state index in [0.717, 1.165) is 48.8 Å². The van der Waals surface area contributed by atoms with Crippen LogP contribution in [0, 0.1) is 5.92 Å². The van der Waals surface area contributed by atoms with E-state index in [-0.39, 0.29) is 31.5 Å². The Bertz CT molecular complexity index is 2050. The van der Waals surface area contributed by atoms with Gasteiger partial charge in [-0.25, -0.2) is 13.9 Å². The number of rotatable bonds is 41. The van der Waals surface area contributed by atoms with E-state index in [1.165, 1.54) is 76.0 Å². The van der Waals surface area contributed by atoms with Crippen molar-refractivity contribution < 1.29 is 81.6 Å². The van der Waals surface area contributed by atoms with E-state index >= 15 is 0 Å². The van der Waals surface area contributed by atoms with E-state index in [4.69, 9.17) is 29.0 Å². The van der Waals surface area contributed by atoms with Crippen molar-refractivity contribution in [2.45, 2.75) is 198 Å². The van der Waals surface area contributed by atoms with E-state index in [9.17, 15) is 58.8 Å². The lowest BCUT2D eigenvalue weighted by molar-refractivity contribution is -0.161. The first-order valence-corrected chi connectivity index (χ1v) is 29.0. The molecule has 0 aromatic carbocycles. The van der Waals surface area contributed by atoms with Crippen LogP contribution >= 0.6 is 15.6 Å². The molecule has 1 aliphatic rings. The molecule has 0 radical (unpaired) electrons. The normalized spacial score (nSPS) is 20.7. The van der Waals surface area contributed by atoms with Crippen molar-refractivity contribution in [1.82, 2.24) is 9.55 Å². The maximum atomic E-state index is 12.9. The van der Waals surface area contributed by atoms with Crippen LogP contribution in [0.5, 0.6) is 0 Å². The maximum Gasteiger partial charge on any atom is 0.481 e. The van der Waals surface area contributed by atoms with Crippen molar-refractivity contribution in [2.24, 2.45) is 5.92 Å². The molecular formula is C51H85N3O18P2. The summed E-state index contributed by atoms with van der Waals surface area (Å²) in [6.45, 7) is 3.93. The lowest BCUT2D eigenvalue weighted by Gasteiger charge is -2.21. The number of nitrogen functional groups attached to an aromatic ring is 1. The van der Waals surface area contributed by atoms with Crippen LogP contribution in [0.2, 0.25) is 0 Å². The molecule has 0 amide bonds. The third-order valence-corrected chi connectivity index (χ3v) is 14.2. The zero-order valence-corrected chi connectivity index (χ0v) is 45.2. The summed E-state index contributed by atoms with van der Waals surface area (Å²) in [5, 5.41) is 51.6. The summed E-state index contributed by atoms with van der Waals surface area (Å²) in [4.78, 5) is 62.0. The van der Waals surface area contributed by atoms with Crippen molar-refractivity contribution in [3.63, 3.8) is 0 Å². The number of ether oxygens (including phenoxy) is 3. The summed E-state index contributed by atoms with van der Waals surface area (Å²) in [5.41, 5.74) is 4.55. The van der Waals surface area contributed by atoms with Crippen LogP contribution in [0.15, 0.2) is 77.8 Å².